The van der Waals surface area contributed by atoms with Gasteiger partial charge in [-0.05, 0) is 60.4 Å². The van der Waals surface area contributed by atoms with Gasteiger partial charge >= 0.3 is 0 Å². The molecule has 8 heteroatoms. The Bertz CT molecular complexity index is 1230. The van der Waals surface area contributed by atoms with Crippen LogP contribution < -0.4 is 9.64 Å². The van der Waals surface area contributed by atoms with Crippen molar-refractivity contribution in [3.8, 4) is 5.75 Å². The summed E-state index contributed by atoms with van der Waals surface area (Å²) in [5.74, 6) is 0.253. The van der Waals surface area contributed by atoms with E-state index in [1.807, 2.05) is 0 Å². The lowest BCUT2D eigenvalue weighted by Crippen LogP contribution is -2.45. The number of allylic oxidation sites excluding steroid dienone is 2. The minimum absolute atomic E-state index is 0.118. The van der Waals surface area contributed by atoms with Gasteiger partial charge < -0.3 is 4.74 Å². The Balaban J connectivity index is 1.37. The highest BCUT2D eigenvalue weighted by molar-refractivity contribution is 6.42. The van der Waals surface area contributed by atoms with Crippen LogP contribution in [0, 0.1) is 35.5 Å². The second-order valence-corrected chi connectivity index (χ2v) is 10.2. The fraction of sp³-hybridized carbons (Fsp3) is 0.346. The van der Waals surface area contributed by atoms with Gasteiger partial charge in [-0.2, -0.15) is 0 Å². The largest absolute Gasteiger partial charge is 0.495 e. The van der Waals surface area contributed by atoms with Crippen LogP contribution in [0.4, 0.5) is 5.69 Å². The standard InChI is InChI=1S/C26H22Cl2N2O4/c1-34-21-5-3-2-4-20(21)29(24(31)13-6-9-18(27)19(28)10-13)12-30-25(32)22-14-7-8-15(17-11-16(14)17)23(22)26(30)33/h2-10,14-17,22-23H,11-12H2,1H3/t14-,15+,16-,17-,22+,23-/m1/s1. The lowest BCUT2D eigenvalue weighted by atomic mass is 9.63. The molecular weight excluding hydrogens is 475 g/mol. The van der Waals surface area contributed by atoms with Gasteiger partial charge in [0.05, 0.1) is 34.7 Å². The number of nitrogens with zero attached hydrogens (tertiary/aromatic N) is 2. The molecule has 1 aliphatic heterocycles. The third-order valence-corrected chi connectivity index (χ3v) is 8.56. The summed E-state index contributed by atoms with van der Waals surface area (Å²) in [5, 5.41) is 0.575. The van der Waals surface area contributed by atoms with Crippen LogP contribution in [-0.4, -0.2) is 36.4 Å². The molecule has 2 bridgehead atoms. The first-order valence-electron chi connectivity index (χ1n) is 11.3. The highest BCUT2D eigenvalue weighted by Crippen LogP contribution is 2.65. The summed E-state index contributed by atoms with van der Waals surface area (Å²) in [6.07, 6.45) is 5.36. The molecule has 1 heterocycles. The highest BCUT2D eigenvalue weighted by Gasteiger charge is 2.67. The number of carbonyl (C=O) groups is 3. The summed E-state index contributed by atoms with van der Waals surface area (Å²) >= 11 is 12.2. The Kier molecular flexibility index (Phi) is 5.01. The van der Waals surface area contributed by atoms with Crippen molar-refractivity contribution in [1.29, 1.82) is 0 Å². The lowest BCUT2D eigenvalue weighted by Gasteiger charge is -2.37. The monoisotopic (exact) mass is 496 g/mol. The number of carbonyl (C=O) groups excluding carboxylic acids is 3. The molecule has 0 unspecified atom stereocenters. The Morgan fingerprint density at radius 3 is 2.26 bits per heavy atom. The zero-order valence-electron chi connectivity index (χ0n) is 18.4. The fourth-order valence-corrected chi connectivity index (χ4v) is 6.49. The Morgan fingerprint density at radius 1 is 1.00 bits per heavy atom. The minimum atomic E-state index is -0.414. The average Bonchev–Trinajstić information content (AvgIpc) is 3.64. The summed E-state index contributed by atoms with van der Waals surface area (Å²) in [7, 11) is 1.51. The van der Waals surface area contributed by atoms with Crippen molar-refractivity contribution in [2.45, 2.75) is 6.42 Å². The SMILES string of the molecule is COc1ccccc1N(CN1C(=O)[C@@H]2[C@H]3C=C[C@H]([C@H]4C[C@H]34)[C@@H]2C1=O)C(=O)c1ccc(Cl)c(Cl)c1. The Labute approximate surface area is 207 Å². The number of methoxy groups -OCH3 is 1. The third-order valence-electron chi connectivity index (χ3n) is 7.82. The molecule has 2 aromatic carbocycles. The molecule has 34 heavy (non-hydrogen) atoms. The van der Waals surface area contributed by atoms with E-state index in [2.05, 4.69) is 12.2 Å². The van der Waals surface area contributed by atoms with Crippen molar-refractivity contribution in [2.24, 2.45) is 35.5 Å². The summed E-state index contributed by atoms with van der Waals surface area (Å²) in [6.45, 7) is -0.196. The second kappa shape index (κ2) is 7.85. The molecule has 2 saturated carbocycles. The molecule has 0 radical (unpaired) electrons. The number of ether oxygens (including phenoxy) is 1. The van der Waals surface area contributed by atoms with E-state index in [0.717, 1.165) is 6.42 Å². The maximum atomic E-state index is 13.7. The average molecular weight is 497 g/mol. The van der Waals surface area contributed by atoms with Crippen molar-refractivity contribution in [3.63, 3.8) is 0 Å². The number of rotatable bonds is 5. The van der Waals surface area contributed by atoms with E-state index in [4.69, 9.17) is 27.9 Å². The molecule has 174 valence electrons. The molecule has 2 aromatic rings. The number of amides is 3. The highest BCUT2D eigenvalue weighted by atomic mass is 35.5. The molecule has 6 nitrogen and oxygen atoms in total. The first-order chi connectivity index (χ1) is 16.4. The molecule has 1 saturated heterocycles. The molecule has 0 spiro atoms. The second-order valence-electron chi connectivity index (χ2n) is 9.43. The number of likely N-dealkylation sites (tertiary alicyclic amines) is 1. The molecular formula is C26H22Cl2N2O4. The van der Waals surface area contributed by atoms with Gasteiger partial charge in [-0.1, -0.05) is 47.5 Å². The number of hydrogen-bond donors (Lipinski definition) is 0. The number of imide groups is 1. The Morgan fingerprint density at radius 2 is 1.65 bits per heavy atom. The number of halogens is 2. The lowest BCUT2D eigenvalue weighted by molar-refractivity contribution is -0.140. The van der Waals surface area contributed by atoms with Gasteiger partial charge in [-0.3, -0.25) is 24.2 Å². The van der Waals surface area contributed by atoms with Crippen LogP contribution in [0.5, 0.6) is 5.75 Å². The zero-order chi connectivity index (χ0) is 23.7. The van der Waals surface area contributed by atoms with Gasteiger partial charge in [0.25, 0.3) is 5.91 Å². The topological polar surface area (TPSA) is 66.9 Å². The summed E-state index contributed by atoms with van der Waals surface area (Å²) in [5.41, 5.74) is 0.750. The molecule has 0 N–H and O–H groups in total. The van der Waals surface area contributed by atoms with Crippen LogP contribution in [0.25, 0.3) is 0 Å². The number of benzene rings is 2. The van der Waals surface area contributed by atoms with Gasteiger partial charge in [-0.15, -0.1) is 0 Å². The molecule has 3 fully saturated rings. The predicted octanol–water partition coefficient (Wildman–Crippen LogP) is 4.66. The molecule has 4 aliphatic carbocycles. The Hall–Kier alpha value is -2.83. The van der Waals surface area contributed by atoms with Crippen LogP contribution in [0.15, 0.2) is 54.6 Å². The first-order valence-corrected chi connectivity index (χ1v) is 12.1. The van der Waals surface area contributed by atoms with Gasteiger partial charge in [-0.25, -0.2) is 0 Å². The van der Waals surface area contributed by atoms with Crippen molar-refractivity contribution in [3.05, 3.63) is 70.2 Å². The van der Waals surface area contributed by atoms with E-state index in [-0.39, 0.29) is 47.2 Å². The zero-order valence-corrected chi connectivity index (χ0v) is 19.9. The molecule has 6 atom stereocenters. The van der Waals surface area contributed by atoms with Gasteiger partial charge in [0.1, 0.15) is 12.4 Å². The quantitative estimate of drug-likeness (QED) is 0.445. The van der Waals surface area contributed by atoms with E-state index in [1.54, 1.807) is 36.4 Å². The van der Waals surface area contributed by atoms with E-state index in [9.17, 15) is 14.4 Å². The number of hydrogen-bond acceptors (Lipinski definition) is 4. The number of para-hydroxylation sites is 2. The van der Waals surface area contributed by atoms with Crippen LogP contribution in [-0.2, 0) is 9.59 Å². The third kappa shape index (κ3) is 3.12. The summed E-state index contributed by atoms with van der Waals surface area (Å²) in [4.78, 5) is 43.5. The van der Waals surface area contributed by atoms with Crippen molar-refractivity contribution in [1.82, 2.24) is 4.90 Å². The number of anilines is 1. The van der Waals surface area contributed by atoms with E-state index in [1.165, 1.54) is 23.0 Å². The van der Waals surface area contributed by atoms with Crippen molar-refractivity contribution in [2.75, 3.05) is 18.7 Å². The van der Waals surface area contributed by atoms with Crippen molar-refractivity contribution >= 4 is 46.6 Å². The smallest absolute Gasteiger partial charge is 0.259 e. The first kappa shape index (κ1) is 21.7. The van der Waals surface area contributed by atoms with Gasteiger partial charge in [0, 0.05) is 5.56 Å². The van der Waals surface area contributed by atoms with Crippen LogP contribution in [0.2, 0.25) is 10.0 Å². The molecule has 0 aromatic heterocycles. The van der Waals surface area contributed by atoms with Crippen LogP contribution in [0.1, 0.15) is 16.8 Å². The van der Waals surface area contributed by atoms with E-state index >= 15 is 0 Å². The van der Waals surface area contributed by atoms with Gasteiger partial charge in [0.2, 0.25) is 11.8 Å². The maximum Gasteiger partial charge on any atom is 0.259 e. The van der Waals surface area contributed by atoms with Crippen LogP contribution in [0.3, 0.4) is 0 Å². The fourth-order valence-electron chi connectivity index (χ4n) is 6.19. The molecule has 7 rings (SSSR count). The summed E-state index contributed by atoms with van der Waals surface area (Å²) < 4.78 is 5.49. The van der Waals surface area contributed by atoms with Crippen LogP contribution >= 0.6 is 23.2 Å². The molecule has 5 aliphatic rings. The summed E-state index contributed by atoms with van der Waals surface area (Å²) in [6, 6.07) is 11.6. The predicted molar refractivity (Wildman–Crippen MR) is 128 cm³/mol. The minimum Gasteiger partial charge on any atom is -0.495 e. The normalized spacial score (nSPS) is 30.3. The maximum absolute atomic E-state index is 13.7. The van der Waals surface area contributed by atoms with Crippen molar-refractivity contribution < 1.29 is 19.1 Å². The van der Waals surface area contributed by atoms with Gasteiger partial charge in [0.15, 0.2) is 0 Å². The molecule has 3 amide bonds. The van der Waals surface area contributed by atoms with E-state index < -0.39 is 5.91 Å². The van der Waals surface area contributed by atoms with E-state index in [0.29, 0.717) is 33.9 Å².